The van der Waals surface area contributed by atoms with Crippen molar-refractivity contribution in [3.63, 3.8) is 0 Å². The third-order valence-corrected chi connectivity index (χ3v) is 1.68. The molecule has 0 spiro atoms. The highest BCUT2D eigenvalue weighted by Gasteiger charge is 2.09. The van der Waals surface area contributed by atoms with Crippen molar-refractivity contribution < 1.29 is 9.90 Å². The summed E-state index contributed by atoms with van der Waals surface area (Å²) in [7, 11) is 1.72. The number of anilines is 1. The summed E-state index contributed by atoms with van der Waals surface area (Å²) in [5, 5.41) is 11.9. The number of nitrogens with zero attached hydrogens (tertiary/aromatic N) is 1. The molecule has 1 aromatic rings. The Bertz CT molecular complexity index is 315. The summed E-state index contributed by atoms with van der Waals surface area (Å²) in [4.78, 5) is 10.7. The van der Waals surface area contributed by atoms with Crippen LogP contribution in [-0.4, -0.2) is 21.7 Å². The van der Waals surface area contributed by atoms with Crippen LogP contribution in [0.4, 0.5) is 5.69 Å². The predicted octanol–water partition coefficient (Wildman–Crippen LogP) is 1.54. The molecule has 4 heteroatoms. The van der Waals surface area contributed by atoms with Gasteiger partial charge in [0.25, 0.3) is 0 Å². The molecule has 0 aliphatic carbocycles. The Labute approximate surface area is 77.2 Å². The highest BCUT2D eigenvalue weighted by molar-refractivity contribution is 5.87. The van der Waals surface area contributed by atoms with Gasteiger partial charge < -0.3 is 15.0 Å². The van der Waals surface area contributed by atoms with Gasteiger partial charge in [-0.25, -0.2) is 4.79 Å². The van der Waals surface area contributed by atoms with Crippen molar-refractivity contribution in [3.05, 3.63) is 18.0 Å². The van der Waals surface area contributed by atoms with E-state index in [9.17, 15) is 4.79 Å². The molecule has 1 aromatic heterocycles. The van der Waals surface area contributed by atoms with E-state index in [1.54, 1.807) is 23.9 Å². The number of aromatic nitrogens is 1. The van der Waals surface area contributed by atoms with Gasteiger partial charge in [-0.1, -0.05) is 0 Å². The number of rotatable bonds is 3. The van der Waals surface area contributed by atoms with Crippen LogP contribution in [0.5, 0.6) is 0 Å². The van der Waals surface area contributed by atoms with Gasteiger partial charge in [0.05, 0.1) is 5.69 Å². The maximum Gasteiger partial charge on any atom is 0.352 e. The monoisotopic (exact) mass is 182 g/mol. The maximum absolute atomic E-state index is 10.7. The summed E-state index contributed by atoms with van der Waals surface area (Å²) in [5.41, 5.74) is 1.14. The molecule has 0 saturated carbocycles. The normalized spacial score (nSPS) is 10.5. The van der Waals surface area contributed by atoms with E-state index in [1.165, 1.54) is 0 Å². The average molecular weight is 182 g/mol. The second-order valence-electron chi connectivity index (χ2n) is 3.33. The lowest BCUT2D eigenvalue weighted by atomic mass is 10.3. The molecule has 0 bridgehead atoms. The van der Waals surface area contributed by atoms with E-state index < -0.39 is 5.97 Å². The fourth-order valence-corrected chi connectivity index (χ4v) is 1.19. The van der Waals surface area contributed by atoms with Crippen molar-refractivity contribution in [2.24, 2.45) is 7.05 Å². The van der Waals surface area contributed by atoms with Crippen LogP contribution in [0.1, 0.15) is 24.3 Å². The molecular formula is C9H14N2O2. The van der Waals surface area contributed by atoms with Gasteiger partial charge in [-0.15, -0.1) is 0 Å². The molecule has 0 radical (unpaired) electrons. The fraction of sp³-hybridized carbons (Fsp3) is 0.444. The number of carboxylic acids is 1. The second kappa shape index (κ2) is 3.51. The van der Waals surface area contributed by atoms with E-state index in [1.807, 2.05) is 13.8 Å². The Kier molecular flexibility index (Phi) is 2.60. The fourth-order valence-electron chi connectivity index (χ4n) is 1.19. The minimum Gasteiger partial charge on any atom is -0.477 e. The zero-order chi connectivity index (χ0) is 10.0. The number of carbonyl (C=O) groups is 1. The van der Waals surface area contributed by atoms with Crippen LogP contribution in [0.15, 0.2) is 12.3 Å². The quantitative estimate of drug-likeness (QED) is 0.745. The highest BCUT2D eigenvalue weighted by atomic mass is 16.4. The smallest absolute Gasteiger partial charge is 0.352 e. The van der Waals surface area contributed by atoms with Crippen molar-refractivity contribution in [1.82, 2.24) is 4.57 Å². The topological polar surface area (TPSA) is 54.3 Å². The third-order valence-electron chi connectivity index (χ3n) is 1.68. The Morgan fingerprint density at radius 2 is 2.23 bits per heavy atom. The number of hydrogen-bond donors (Lipinski definition) is 2. The molecule has 4 nitrogen and oxygen atoms in total. The molecule has 0 aliphatic heterocycles. The molecule has 0 fully saturated rings. The summed E-state index contributed by atoms with van der Waals surface area (Å²) in [6.07, 6.45) is 1.77. The lowest BCUT2D eigenvalue weighted by Gasteiger charge is -2.05. The first-order valence-corrected chi connectivity index (χ1v) is 4.17. The second-order valence-corrected chi connectivity index (χ2v) is 3.33. The van der Waals surface area contributed by atoms with Crippen molar-refractivity contribution in [1.29, 1.82) is 0 Å². The largest absolute Gasteiger partial charge is 0.477 e. The Morgan fingerprint density at radius 1 is 1.62 bits per heavy atom. The average Bonchev–Trinajstić information content (AvgIpc) is 2.29. The zero-order valence-corrected chi connectivity index (χ0v) is 8.03. The molecule has 0 amide bonds. The summed E-state index contributed by atoms with van der Waals surface area (Å²) in [6, 6.07) is 1.94. The van der Waals surface area contributed by atoms with E-state index in [2.05, 4.69) is 5.32 Å². The zero-order valence-electron chi connectivity index (χ0n) is 8.03. The minimum atomic E-state index is -0.903. The van der Waals surface area contributed by atoms with Gasteiger partial charge in [-0.2, -0.15) is 0 Å². The molecule has 0 aliphatic rings. The SMILES string of the molecule is CC(C)Nc1cc(C(=O)O)n(C)c1. The van der Waals surface area contributed by atoms with Gasteiger partial charge in [0.15, 0.2) is 0 Å². The van der Waals surface area contributed by atoms with E-state index in [-0.39, 0.29) is 0 Å². The van der Waals surface area contributed by atoms with Crippen LogP contribution in [0, 0.1) is 0 Å². The first kappa shape index (κ1) is 9.64. The standard InChI is InChI=1S/C9H14N2O2/c1-6(2)10-7-4-8(9(12)13)11(3)5-7/h4-6,10H,1-3H3,(H,12,13). The lowest BCUT2D eigenvalue weighted by Crippen LogP contribution is -2.08. The van der Waals surface area contributed by atoms with Crippen LogP contribution < -0.4 is 5.32 Å². The van der Waals surface area contributed by atoms with Crippen molar-refractivity contribution in [2.45, 2.75) is 19.9 Å². The third kappa shape index (κ3) is 2.24. The van der Waals surface area contributed by atoms with Crippen LogP contribution in [0.2, 0.25) is 0 Å². The summed E-state index contributed by atoms with van der Waals surface area (Å²) >= 11 is 0. The molecule has 1 rings (SSSR count). The maximum atomic E-state index is 10.7. The van der Waals surface area contributed by atoms with Gasteiger partial charge in [-0.05, 0) is 19.9 Å². The molecule has 0 atom stereocenters. The van der Waals surface area contributed by atoms with Crippen LogP contribution >= 0.6 is 0 Å². The first-order chi connectivity index (χ1) is 6.00. The Balaban J connectivity index is 2.89. The molecule has 0 unspecified atom stereocenters. The van der Waals surface area contributed by atoms with Gasteiger partial charge in [-0.3, -0.25) is 0 Å². The lowest BCUT2D eigenvalue weighted by molar-refractivity contribution is 0.0686. The summed E-state index contributed by atoms with van der Waals surface area (Å²) in [5.74, 6) is -0.903. The van der Waals surface area contributed by atoms with Gasteiger partial charge in [0, 0.05) is 19.3 Å². The minimum absolute atomic E-state index is 0.295. The number of aryl methyl sites for hydroxylation is 1. The van der Waals surface area contributed by atoms with E-state index in [0.717, 1.165) is 5.69 Å². The Hall–Kier alpha value is -1.45. The molecule has 13 heavy (non-hydrogen) atoms. The summed E-state index contributed by atoms with van der Waals surface area (Å²) in [6.45, 7) is 4.01. The molecule has 2 N–H and O–H groups in total. The molecule has 1 heterocycles. The molecule has 72 valence electrons. The Morgan fingerprint density at radius 3 is 2.62 bits per heavy atom. The van der Waals surface area contributed by atoms with E-state index in [4.69, 9.17) is 5.11 Å². The predicted molar refractivity (Wildman–Crippen MR) is 51.1 cm³/mol. The number of hydrogen-bond acceptors (Lipinski definition) is 2. The number of aromatic carboxylic acids is 1. The van der Waals surface area contributed by atoms with Gasteiger partial charge in [0.1, 0.15) is 5.69 Å². The van der Waals surface area contributed by atoms with E-state index in [0.29, 0.717) is 11.7 Å². The van der Waals surface area contributed by atoms with Crippen LogP contribution in [0.25, 0.3) is 0 Å². The van der Waals surface area contributed by atoms with Crippen LogP contribution in [0.3, 0.4) is 0 Å². The number of nitrogens with one attached hydrogen (secondary N) is 1. The molecular weight excluding hydrogens is 168 g/mol. The van der Waals surface area contributed by atoms with Crippen molar-refractivity contribution in [3.8, 4) is 0 Å². The van der Waals surface area contributed by atoms with Gasteiger partial charge in [0.2, 0.25) is 0 Å². The highest BCUT2D eigenvalue weighted by Crippen LogP contribution is 2.13. The first-order valence-electron chi connectivity index (χ1n) is 4.17. The van der Waals surface area contributed by atoms with Crippen molar-refractivity contribution >= 4 is 11.7 Å². The summed E-state index contributed by atoms with van der Waals surface area (Å²) < 4.78 is 1.59. The van der Waals surface area contributed by atoms with E-state index >= 15 is 0 Å². The molecule has 0 aromatic carbocycles. The van der Waals surface area contributed by atoms with Gasteiger partial charge >= 0.3 is 5.97 Å². The number of carboxylic acid groups (broad SMARTS) is 1. The van der Waals surface area contributed by atoms with Crippen LogP contribution in [-0.2, 0) is 7.05 Å². The van der Waals surface area contributed by atoms with Crippen molar-refractivity contribution in [2.75, 3.05) is 5.32 Å². The molecule has 0 saturated heterocycles.